The molecule has 22 nitrogen and oxygen atoms in total. The van der Waals surface area contributed by atoms with Gasteiger partial charge in [-0.1, -0.05) is 123 Å². The number of allylic oxidation sites excluding steroid dienone is 6. The normalized spacial score (nSPS) is 20.0. The highest BCUT2D eigenvalue weighted by atomic mass is 31.3. The SMILES string of the molecule is C[N+]1=C(C=CC=CC=C2N(CCCCCCC(=O)NCCCCCCn3cc(CCC#Cc4cccc(CONc5ccn([C@@H]6O[C@H](COP(=O)(O)OP(=O)(O)O)[C@@H](O)[C@H]6O)c(=O)n5)c4)nn3)c3ccccc3C2(C)C)C(C)(C)c2ccccc21. The highest BCUT2D eigenvalue weighted by Crippen LogP contribution is 2.58. The number of fused-ring (bicyclic) bond motifs is 2. The van der Waals surface area contributed by atoms with E-state index in [4.69, 9.17) is 19.4 Å². The number of nitrogens with zero attached hydrogens (tertiary/aromatic N) is 7. The molecule has 454 valence electrons. The number of phosphoric acid groups is 2. The van der Waals surface area contributed by atoms with E-state index >= 15 is 0 Å². The lowest BCUT2D eigenvalue weighted by Crippen LogP contribution is -2.36. The average Bonchev–Trinajstić information content (AvgIpc) is 2.05. The molecule has 1 unspecified atom stereocenters. The largest absolute Gasteiger partial charge is 0.481 e. The molecule has 3 aromatic carbocycles. The highest BCUT2D eigenvalue weighted by Gasteiger charge is 2.46. The molecule has 5 atom stereocenters. The number of phosphoric ester groups is 1. The number of aliphatic hydroxyl groups excluding tert-OH is 2. The summed E-state index contributed by atoms with van der Waals surface area (Å²) in [5, 5.41) is 32.6. The van der Waals surface area contributed by atoms with Crippen LogP contribution in [0.2, 0.25) is 0 Å². The smallest absolute Gasteiger partial charge is 0.387 e. The van der Waals surface area contributed by atoms with E-state index < -0.39 is 52.5 Å². The number of amides is 1. The molecule has 5 heterocycles. The van der Waals surface area contributed by atoms with Gasteiger partial charge in [0.05, 0.1) is 24.3 Å². The zero-order valence-corrected chi connectivity index (χ0v) is 50.5. The molecule has 0 radical (unpaired) electrons. The zero-order chi connectivity index (χ0) is 60.8. The molecule has 8 rings (SSSR count). The van der Waals surface area contributed by atoms with E-state index in [0.29, 0.717) is 25.8 Å². The molecule has 7 N–H and O–H groups in total. The molecule has 0 aliphatic carbocycles. The van der Waals surface area contributed by atoms with Gasteiger partial charge in [-0.2, -0.15) is 13.9 Å². The zero-order valence-electron chi connectivity index (χ0n) is 48.7. The number of rotatable bonds is 29. The number of anilines is 2. The molecular weight excluding hydrogens is 1130 g/mol. The third-order valence-corrected chi connectivity index (χ3v) is 17.5. The molecule has 2 aromatic heterocycles. The van der Waals surface area contributed by atoms with E-state index in [1.54, 1.807) is 0 Å². The van der Waals surface area contributed by atoms with Gasteiger partial charge in [-0.3, -0.25) is 23.4 Å². The summed E-state index contributed by atoms with van der Waals surface area (Å²) in [6.45, 7) is 10.8. The average molecular weight is 1210 g/mol. The molecule has 3 aliphatic rings. The third-order valence-electron chi connectivity index (χ3n) is 15.4. The Morgan fingerprint density at radius 1 is 0.859 bits per heavy atom. The Bertz CT molecular complexity index is 3490. The maximum Gasteiger partial charge on any atom is 0.481 e. The summed E-state index contributed by atoms with van der Waals surface area (Å²) in [4.78, 5) is 64.4. The van der Waals surface area contributed by atoms with Gasteiger partial charge >= 0.3 is 21.3 Å². The first-order valence-corrected chi connectivity index (χ1v) is 31.7. The van der Waals surface area contributed by atoms with Gasteiger partial charge in [0, 0.05) is 91.4 Å². The van der Waals surface area contributed by atoms with Crippen LogP contribution in [0.15, 0.2) is 132 Å². The Morgan fingerprint density at radius 2 is 1.60 bits per heavy atom. The fraction of sp³-hybridized carbons (Fsp3) is 0.443. The molecule has 0 bridgehead atoms. The van der Waals surface area contributed by atoms with Gasteiger partial charge < -0.3 is 39.8 Å². The first-order valence-electron chi connectivity index (χ1n) is 28.7. The van der Waals surface area contributed by atoms with Crippen LogP contribution in [0.3, 0.4) is 0 Å². The van der Waals surface area contributed by atoms with Crippen LogP contribution >= 0.6 is 15.6 Å². The van der Waals surface area contributed by atoms with Crippen molar-refractivity contribution < 1.29 is 61.8 Å². The second kappa shape index (κ2) is 29.1. The van der Waals surface area contributed by atoms with Crippen molar-refractivity contribution in [1.29, 1.82) is 0 Å². The molecule has 1 saturated heterocycles. The molecule has 1 fully saturated rings. The van der Waals surface area contributed by atoms with Crippen LogP contribution in [0.25, 0.3) is 0 Å². The standard InChI is InChI=1S/C61H77N9O13P2/c1-60(2)47-28-16-18-30-49(47)67(5)52(60)32-11-10-12-33-53-61(3,4)48-29-17-19-31-50(48)69(53)38-22-8-6-13-34-55(71)62-36-20-7-9-21-37-68-41-46(64-66-68)27-15-14-24-44-25-23-26-45(40-44)42-80-65-54-35-39-70(59(74)63-54)58-57(73)56(72)51(82-58)43-81-85(78,79)83-84(75,76)77/h10-12,16-19,23,25-26,28-33,35,39-41,51,56-58,72-73H,6-9,13,15,20-22,27,34,36-38,42-43H2,1-5H3,(H4-,62,63,65,71,74,75,76,77,78,79)/p+1/t51-,56-,57-,58-/m1/s1. The first-order chi connectivity index (χ1) is 40.6. The van der Waals surface area contributed by atoms with Crippen molar-refractivity contribution in [3.8, 4) is 11.8 Å². The van der Waals surface area contributed by atoms with Crippen LogP contribution in [0, 0.1) is 11.8 Å². The predicted molar refractivity (Wildman–Crippen MR) is 321 cm³/mol. The number of aryl methyl sites for hydroxylation is 2. The Hall–Kier alpha value is -6.70. The molecule has 24 heteroatoms. The quantitative estimate of drug-likeness (QED) is 0.00591. The third kappa shape index (κ3) is 17.3. The van der Waals surface area contributed by atoms with Crippen molar-refractivity contribution in [3.63, 3.8) is 0 Å². The van der Waals surface area contributed by atoms with Crippen molar-refractivity contribution in [1.82, 2.24) is 29.9 Å². The van der Waals surface area contributed by atoms with E-state index in [1.807, 2.05) is 35.1 Å². The Labute approximate surface area is 495 Å². The molecule has 5 aromatic rings. The van der Waals surface area contributed by atoms with Crippen molar-refractivity contribution in [2.45, 2.75) is 147 Å². The molecule has 0 spiro atoms. The number of aromatic nitrogens is 5. The Kier molecular flexibility index (Phi) is 22.0. The number of ether oxygens (including phenoxy) is 1. The monoisotopic (exact) mass is 1210 g/mol. The lowest BCUT2D eigenvalue weighted by molar-refractivity contribution is -0.401. The number of hydrogen-bond acceptors (Lipinski definition) is 15. The van der Waals surface area contributed by atoms with Gasteiger partial charge in [-0.05, 0) is 81.0 Å². The summed E-state index contributed by atoms with van der Waals surface area (Å²) in [6.07, 6.45) is 17.5. The molecular formula is C61H78N9O13P2+. The fourth-order valence-corrected chi connectivity index (χ4v) is 12.6. The molecule has 0 saturated carbocycles. The van der Waals surface area contributed by atoms with Crippen molar-refractivity contribution in [3.05, 3.63) is 166 Å². The summed E-state index contributed by atoms with van der Waals surface area (Å²) in [7, 11) is -8.50. The lowest BCUT2D eigenvalue weighted by atomic mass is 9.81. The number of benzene rings is 3. The highest BCUT2D eigenvalue weighted by molar-refractivity contribution is 7.60. The minimum absolute atomic E-state index is 0.0218. The van der Waals surface area contributed by atoms with Crippen LogP contribution in [-0.4, -0.2) is 111 Å². The van der Waals surface area contributed by atoms with Crippen molar-refractivity contribution in [2.75, 3.05) is 37.1 Å². The van der Waals surface area contributed by atoms with E-state index in [1.165, 1.54) is 46.2 Å². The summed E-state index contributed by atoms with van der Waals surface area (Å²) >= 11 is 0. The Balaban J connectivity index is 0.661. The summed E-state index contributed by atoms with van der Waals surface area (Å²) in [6, 6.07) is 26.2. The van der Waals surface area contributed by atoms with Gasteiger partial charge in [0.1, 0.15) is 25.4 Å². The molecule has 85 heavy (non-hydrogen) atoms. The first kappa shape index (κ1) is 64.3. The van der Waals surface area contributed by atoms with Crippen molar-refractivity contribution >= 4 is 44.5 Å². The number of carbonyl (C=O) groups is 1. The minimum Gasteiger partial charge on any atom is -0.387 e. The maximum absolute atomic E-state index is 12.8. The number of unbranched alkanes of at least 4 members (excludes halogenated alkanes) is 6. The van der Waals surface area contributed by atoms with E-state index in [2.05, 4.69) is 170 Å². The number of hydrogen-bond donors (Lipinski definition) is 7. The number of nitrogens with one attached hydrogen (secondary N) is 2. The van der Waals surface area contributed by atoms with Gasteiger partial charge in [0.15, 0.2) is 17.8 Å². The number of aliphatic hydroxyl groups is 2. The van der Waals surface area contributed by atoms with Gasteiger partial charge in [0.25, 0.3) is 0 Å². The molecule has 3 aliphatic heterocycles. The van der Waals surface area contributed by atoms with E-state index in [9.17, 15) is 33.8 Å². The van der Waals surface area contributed by atoms with Crippen LogP contribution in [0.1, 0.15) is 126 Å². The van der Waals surface area contributed by atoms with E-state index in [-0.39, 0.29) is 29.2 Å². The number of para-hydroxylation sites is 2. The predicted octanol–water partition coefficient (Wildman–Crippen LogP) is 8.34. The van der Waals surface area contributed by atoms with Crippen LogP contribution in [-0.2, 0) is 62.7 Å². The van der Waals surface area contributed by atoms with Crippen molar-refractivity contribution in [2.24, 2.45) is 0 Å². The molecule has 1 amide bonds. The number of carbonyl (C=O) groups excluding carboxylic acids is 1. The van der Waals surface area contributed by atoms with Gasteiger partial charge in [-0.15, -0.1) is 5.10 Å². The van der Waals surface area contributed by atoms with Crippen LogP contribution in [0.5, 0.6) is 0 Å². The second-order valence-corrected chi connectivity index (χ2v) is 25.2. The minimum atomic E-state index is -5.39. The second-order valence-electron chi connectivity index (χ2n) is 22.4. The van der Waals surface area contributed by atoms with Gasteiger partial charge in [0.2, 0.25) is 11.6 Å². The van der Waals surface area contributed by atoms with Gasteiger partial charge in [-0.25, -0.2) is 19.4 Å². The fourth-order valence-electron chi connectivity index (χ4n) is 11.0. The van der Waals surface area contributed by atoms with Crippen LogP contribution < -0.4 is 21.4 Å². The maximum atomic E-state index is 12.8. The Morgan fingerprint density at radius 3 is 2.38 bits per heavy atom. The summed E-state index contributed by atoms with van der Waals surface area (Å²) in [5.74, 6) is 6.50. The summed E-state index contributed by atoms with van der Waals surface area (Å²) < 4.78 is 41.3. The lowest BCUT2D eigenvalue weighted by Gasteiger charge is -2.27. The van der Waals surface area contributed by atoms with E-state index in [0.717, 1.165) is 85.8 Å². The van der Waals surface area contributed by atoms with Crippen LogP contribution in [0.4, 0.5) is 17.2 Å². The summed E-state index contributed by atoms with van der Waals surface area (Å²) in [5.41, 5.74) is 11.7. The topological polar surface area (TPSA) is 285 Å².